The van der Waals surface area contributed by atoms with E-state index in [1.807, 2.05) is 0 Å². The summed E-state index contributed by atoms with van der Waals surface area (Å²) in [5.74, 6) is -0.646. The van der Waals surface area contributed by atoms with Gasteiger partial charge in [-0.05, 0) is 12.1 Å². The molecule has 0 atom stereocenters. The zero-order valence-electron chi connectivity index (χ0n) is 9.63. The molecular weight excluding hydrogens is 239 g/mol. The van der Waals surface area contributed by atoms with Gasteiger partial charge in [0.25, 0.3) is 5.69 Å². The lowest BCUT2D eigenvalue weighted by Crippen LogP contribution is -2.02. The average molecular weight is 250 g/mol. The predicted octanol–water partition coefficient (Wildman–Crippen LogP) is 2.08. The Bertz CT molecular complexity index is 582. The highest BCUT2D eigenvalue weighted by atomic mass is 19.1. The topological polar surface area (TPSA) is 73.0 Å². The van der Waals surface area contributed by atoms with Crippen molar-refractivity contribution >= 4 is 11.4 Å². The van der Waals surface area contributed by atoms with E-state index in [1.54, 1.807) is 24.0 Å². The summed E-state index contributed by atoms with van der Waals surface area (Å²) in [6.07, 6.45) is 1.78. The maximum Gasteiger partial charge on any atom is 0.274 e. The molecule has 0 unspecified atom stereocenters. The summed E-state index contributed by atoms with van der Waals surface area (Å²) in [5, 5.41) is 17.6. The normalized spacial score (nSPS) is 10.3. The molecule has 0 aliphatic carbocycles. The van der Waals surface area contributed by atoms with Gasteiger partial charge in [0.05, 0.1) is 23.2 Å². The van der Waals surface area contributed by atoms with E-state index in [4.69, 9.17) is 0 Å². The quantitative estimate of drug-likeness (QED) is 0.666. The summed E-state index contributed by atoms with van der Waals surface area (Å²) in [4.78, 5) is 9.95. The molecular formula is C11H11FN4O2. The summed E-state index contributed by atoms with van der Waals surface area (Å²) in [7, 11) is 1.79. The number of nitrogens with zero attached hydrogens (tertiary/aromatic N) is 3. The van der Waals surface area contributed by atoms with Crippen LogP contribution in [0.2, 0.25) is 0 Å². The lowest BCUT2D eigenvalue weighted by Gasteiger charge is -2.04. The average Bonchev–Trinajstić information content (AvgIpc) is 2.72. The Morgan fingerprint density at radius 3 is 2.89 bits per heavy atom. The highest BCUT2D eigenvalue weighted by Crippen LogP contribution is 2.20. The van der Waals surface area contributed by atoms with Gasteiger partial charge in [-0.1, -0.05) is 0 Å². The number of nitro groups is 1. The molecule has 0 saturated carbocycles. The first-order chi connectivity index (χ1) is 8.54. The van der Waals surface area contributed by atoms with E-state index in [9.17, 15) is 14.5 Å². The predicted molar refractivity (Wildman–Crippen MR) is 63.6 cm³/mol. The molecule has 0 aliphatic heterocycles. The molecule has 1 N–H and O–H groups in total. The Morgan fingerprint density at radius 2 is 2.28 bits per heavy atom. The van der Waals surface area contributed by atoms with Crippen molar-refractivity contribution < 1.29 is 9.31 Å². The Hall–Kier alpha value is -2.44. The number of nitrogens with one attached hydrogen (secondary N) is 1. The Labute approximate surface area is 102 Å². The molecule has 1 heterocycles. The smallest absolute Gasteiger partial charge is 0.274 e. The van der Waals surface area contributed by atoms with Gasteiger partial charge in [0.1, 0.15) is 5.82 Å². The van der Waals surface area contributed by atoms with Crippen molar-refractivity contribution in [2.45, 2.75) is 6.54 Å². The number of nitro benzene ring substituents is 1. The van der Waals surface area contributed by atoms with Gasteiger partial charge in [-0.3, -0.25) is 14.8 Å². The van der Waals surface area contributed by atoms with Gasteiger partial charge < -0.3 is 5.32 Å². The molecule has 18 heavy (non-hydrogen) atoms. The van der Waals surface area contributed by atoms with Gasteiger partial charge in [0, 0.05) is 25.0 Å². The lowest BCUT2D eigenvalue weighted by atomic mass is 10.2. The fourth-order valence-electron chi connectivity index (χ4n) is 1.53. The van der Waals surface area contributed by atoms with Gasteiger partial charge >= 0.3 is 0 Å². The van der Waals surface area contributed by atoms with E-state index in [2.05, 4.69) is 10.4 Å². The van der Waals surface area contributed by atoms with Crippen molar-refractivity contribution in [3.05, 3.63) is 52.1 Å². The fraction of sp³-hybridized carbons (Fsp3) is 0.182. The van der Waals surface area contributed by atoms with Gasteiger partial charge in [-0.15, -0.1) is 0 Å². The van der Waals surface area contributed by atoms with E-state index in [0.717, 1.165) is 11.8 Å². The van der Waals surface area contributed by atoms with Crippen molar-refractivity contribution in [3.63, 3.8) is 0 Å². The van der Waals surface area contributed by atoms with Crippen LogP contribution in [0.3, 0.4) is 0 Å². The number of hydrogen-bond acceptors (Lipinski definition) is 4. The van der Waals surface area contributed by atoms with Crippen LogP contribution in [0.5, 0.6) is 0 Å². The number of rotatable bonds is 4. The fourth-order valence-corrected chi connectivity index (χ4v) is 1.53. The van der Waals surface area contributed by atoms with Gasteiger partial charge in [0.15, 0.2) is 0 Å². The molecule has 2 aromatic rings. The summed E-state index contributed by atoms with van der Waals surface area (Å²) in [6.45, 7) is 0.376. The number of aromatic nitrogens is 2. The highest BCUT2D eigenvalue weighted by Gasteiger charge is 2.09. The number of hydrogen-bond donors (Lipinski definition) is 1. The lowest BCUT2D eigenvalue weighted by molar-refractivity contribution is -0.385. The van der Waals surface area contributed by atoms with Crippen LogP contribution in [-0.2, 0) is 13.6 Å². The molecule has 0 spiro atoms. The number of benzene rings is 1. The first-order valence-electron chi connectivity index (χ1n) is 5.22. The maximum atomic E-state index is 13.2. The standard InChI is InChI=1S/C11H11FN4O2/c1-15-3-2-9(14-15)7-13-10-4-8(12)5-11(6-10)16(17)18/h2-6,13H,7H2,1H3. The van der Waals surface area contributed by atoms with Crippen molar-refractivity contribution in [1.82, 2.24) is 9.78 Å². The molecule has 7 heteroatoms. The largest absolute Gasteiger partial charge is 0.379 e. The van der Waals surface area contributed by atoms with Crippen LogP contribution < -0.4 is 5.32 Å². The third-order valence-corrected chi connectivity index (χ3v) is 2.34. The second kappa shape index (κ2) is 4.82. The van der Waals surface area contributed by atoms with E-state index in [-0.39, 0.29) is 5.69 Å². The van der Waals surface area contributed by atoms with E-state index < -0.39 is 10.7 Å². The Balaban J connectivity index is 2.11. The van der Waals surface area contributed by atoms with Crippen molar-refractivity contribution in [2.24, 2.45) is 7.05 Å². The minimum atomic E-state index is -0.646. The third-order valence-electron chi connectivity index (χ3n) is 2.34. The third kappa shape index (κ3) is 2.82. The monoisotopic (exact) mass is 250 g/mol. The van der Waals surface area contributed by atoms with Crippen molar-refractivity contribution in [1.29, 1.82) is 0 Å². The Kier molecular flexibility index (Phi) is 3.22. The van der Waals surface area contributed by atoms with Crippen LogP contribution in [0.25, 0.3) is 0 Å². The van der Waals surface area contributed by atoms with E-state index in [1.165, 1.54) is 12.1 Å². The van der Waals surface area contributed by atoms with Gasteiger partial charge in [-0.25, -0.2) is 4.39 Å². The summed E-state index contributed by atoms with van der Waals surface area (Å²) in [6, 6.07) is 5.18. The van der Waals surface area contributed by atoms with Gasteiger partial charge in [0.2, 0.25) is 0 Å². The molecule has 6 nitrogen and oxygen atoms in total. The molecule has 94 valence electrons. The number of anilines is 1. The van der Waals surface area contributed by atoms with Gasteiger partial charge in [-0.2, -0.15) is 5.10 Å². The molecule has 0 amide bonds. The summed E-state index contributed by atoms with van der Waals surface area (Å²) in [5.41, 5.74) is 0.843. The van der Waals surface area contributed by atoms with E-state index >= 15 is 0 Å². The van der Waals surface area contributed by atoms with Crippen molar-refractivity contribution in [2.75, 3.05) is 5.32 Å². The molecule has 0 saturated heterocycles. The van der Waals surface area contributed by atoms with Crippen LogP contribution in [-0.4, -0.2) is 14.7 Å². The molecule has 1 aromatic heterocycles. The Morgan fingerprint density at radius 1 is 1.50 bits per heavy atom. The molecule has 2 rings (SSSR count). The molecule has 0 bridgehead atoms. The minimum absolute atomic E-state index is 0.279. The van der Waals surface area contributed by atoms with Crippen LogP contribution in [0.1, 0.15) is 5.69 Å². The molecule has 0 aliphatic rings. The summed E-state index contributed by atoms with van der Waals surface area (Å²) < 4.78 is 14.8. The number of halogens is 1. The zero-order chi connectivity index (χ0) is 13.1. The first kappa shape index (κ1) is 12.0. The number of aryl methyl sites for hydroxylation is 1. The number of non-ortho nitro benzene ring substituents is 1. The zero-order valence-corrected chi connectivity index (χ0v) is 9.63. The first-order valence-corrected chi connectivity index (χ1v) is 5.22. The summed E-state index contributed by atoms with van der Waals surface area (Å²) >= 11 is 0. The molecule has 0 radical (unpaired) electrons. The van der Waals surface area contributed by atoms with Crippen LogP contribution in [0, 0.1) is 15.9 Å². The van der Waals surface area contributed by atoms with Crippen molar-refractivity contribution in [3.8, 4) is 0 Å². The second-order valence-electron chi connectivity index (χ2n) is 3.79. The minimum Gasteiger partial charge on any atom is -0.379 e. The van der Waals surface area contributed by atoms with Crippen LogP contribution in [0.4, 0.5) is 15.8 Å². The molecule has 0 fully saturated rings. The van der Waals surface area contributed by atoms with E-state index in [0.29, 0.717) is 12.2 Å². The van der Waals surface area contributed by atoms with Crippen LogP contribution in [0.15, 0.2) is 30.5 Å². The van der Waals surface area contributed by atoms with Crippen LogP contribution >= 0.6 is 0 Å². The highest BCUT2D eigenvalue weighted by molar-refractivity contribution is 5.51. The SMILES string of the molecule is Cn1ccc(CNc2cc(F)cc([N+](=O)[O-])c2)n1. The second-order valence-corrected chi connectivity index (χ2v) is 3.79. The maximum absolute atomic E-state index is 13.2. The molecule has 1 aromatic carbocycles.